The molecule has 0 unspecified atom stereocenters. The molecule has 0 bridgehead atoms. The number of fused-ring (bicyclic) bond motifs is 12. The van der Waals surface area contributed by atoms with Gasteiger partial charge in [-0.15, -0.1) is 0 Å². The van der Waals surface area contributed by atoms with Gasteiger partial charge in [-0.05, 0) is 109 Å². The minimum Gasteiger partial charge on any atom is -0.455 e. The average Bonchev–Trinajstić information content (AvgIpc) is 3.83. The molecular formula is C57H55BN2O. The zero-order chi connectivity index (χ0) is 42.5. The fourth-order valence-corrected chi connectivity index (χ4v) is 10.6. The molecule has 2 aliphatic rings. The SMILES string of the molecule is CC(C)(C)c1ccc(Nc2ccc(C(C)(C)C)cc2-c2c3c4c(c5cc(C(C)(C)C)ccc5n4-c4cc5c(cc4B3)C(C)(C)c3ccccc3-5)c3c2oc2ccccc23)cc1. The number of nitrogens with one attached hydrogen (secondary N) is 1. The fourth-order valence-electron chi connectivity index (χ4n) is 10.6. The van der Waals surface area contributed by atoms with Crippen molar-refractivity contribution < 1.29 is 4.42 Å². The van der Waals surface area contributed by atoms with E-state index in [2.05, 4.69) is 207 Å². The molecule has 1 aliphatic carbocycles. The Morgan fingerprint density at radius 1 is 0.574 bits per heavy atom. The van der Waals surface area contributed by atoms with Crippen LogP contribution in [0.4, 0.5) is 11.4 Å². The molecule has 302 valence electrons. The largest absolute Gasteiger partial charge is 0.455 e. The Hall–Kier alpha value is -6.00. The highest BCUT2D eigenvalue weighted by Crippen LogP contribution is 2.51. The van der Waals surface area contributed by atoms with Gasteiger partial charge < -0.3 is 14.3 Å². The molecule has 0 spiro atoms. The molecule has 11 rings (SSSR count). The first-order chi connectivity index (χ1) is 28.9. The molecule has 9 aromatic rings. The molecule has 0 saturated carbocycles. The summed E-state index contributed by atoms with van der Waals surface area (Å²) in [5.74, 6) is 0. The second-order valence-electron chi connectivity index (χ2n) is 21.5. The standard InChI is InChI=1S/C57H55BN2O/c1-54(2,3)32-20-24-35(25-21-32)59-44-26-22-33(55(4,5)6)28-39(44)50-51-52-48(49-37-17-13-15-19-47(37)61-53(49)50)40-29-34(56(7,8)9)23-27-45(40)60(52)46-30-38-36-16-12-14-18-41(36)57(10,11)42(38)31-43(46)58-51/h12-31,58-59H,1-11H3. The van der Waals surface area contributed by atoms with Crippen LogP contribution >= 0.6 is 0 Å². The Kier molecular flexibility index (Phi) is 7.80. The fraction of sp³-hybridized carbons (Fsp3) is 0.263. The van der Waals surface area contributed by atoms with Crippen LogP contribution in [0.2, 0.25) is 0 Å². The molecule has 3 heterocycles. The predicted octanol–water partition coefficient (Wildman–Crippen LogP) is 14.0. The maximum absolute atomic E-state index is 7.25. The smallest absolute Gasteiger partial charge is 0.198 e. The van der Waals surface area contributed by atoms with E-state index >= 15 is 0 Å². The first kappa shape index (κ1) is 38.0. The van der Waals surface area contributed by atoms with Gasteiger partial charge in [0.25, 0.3) is 0 Å². The van der Waals surface area contributed by atoms with Gasteiger partial charge in [-0.3, -0.25) is 0 Å². The van der Waals surface area contributed by atoms with Crippen LogP contribution in [0.1, 0.15) is 104 Å². The number of hydrogen-bond acceptors (Lipinski definition) is 2. The Morgan fingerprint density at radius 3 is 1.97 bits per heavy atom. The second kappa shape index (κ2) is 12.5. The number of para-hydroxylation sites is 1. The van der Waals surface area contributed by atoms with Gasteiger partial charge in [0.2, 0.25) is 0 Å². The summed E-state index contributed by atoms with van der Waals surface area (Å²) in [4.78, 5) is 0. The quantitative estimate of drug-likeness (QED) is 0.181. The highest BCUT2D eigenvalue weighted by molar-refractivity contribution is 6.74. The molecule has 0 radical (unpaired) electrons. The lowest BCUT2D eigenvalue weighted by atomic mass is 9.58. The number of furan rings is 1. The second-order valence-corrected chi connectivity index (χ2v) is 21.5. The molecule has 0 atom stereocenters. The minimum atomic E-state index is -0.108. The van der Waals surface area contributed by atoms with Gasteiger partial charge in [-0.25, -0.2) is 0 Å². The van der Waals surface area contributed by atoms with Crippen molar-refractivity contribution in [1.82, 2.24) is 4.57 Å². The van der Waals surface area contributed by atoms with Crippen molar-refractivity contribution in [2.45, 2.75) is 97.8 Å². The van der Waals surface area contributed by atoms with Gasteiger partial charge >= 0.3 is 0 Å². The monoisotopic (exact) mass is 794 g/mol. The lowest BCUT2D eigenvalue weighted by Crippen LogP contribution is -2.38. The summed E-state index contributed by atoms with van der Waals surface area (Å²) < 4.78 is 9.87. The van der Waals surface area contributed by atoms with Crippen LogP contribution in [0.25, 0.3) is 71.7 Å². The third-order valence-electron chi connectivity index (χ3n) is 14.1. The highest BCUT2D eigenvalue weighted by Gasteiger charge is 2.39. The van der Waals surface area contributed by atoms with E-state index in [0.29, 0.717) is 0 Å². The molecule has 0 amide bonds. The Bertz CT molecular complexity index is 3320. The van der Waals surface area contributed by atoms with Gasteiger partial charge in [-0.1, -0.05) is 154 Å². The van der Waals surface area contributed by atoms with Crippen LogP contribution in [-0.2, 0) is 21.7 Å². The summed E-state index contributed by atoms with van der Waals surface area (Å²) in [5, 5.41) is 8.84. The number of anilines is 2. The third kappa shape index (κ3) is 5.57. The van der Waals surface area contributed by atoms with Crippen molar-refractivity contribution in [3.05, 3.63) is 149 Å². The van der Waals surface area contributed by atoms with Crippen molar-refractivity contribution >= 4 is 73.3 Å². The Morgan fingerprint density at radius 2 is 1.23 bits per heavy atom. The van der Waals surface area contributed by atoms with Gasteiger partial charge in [0, 0.05) is 55.1 Å². The predicted molar refractivity (Wildman–Crippen MR) is 263 cm³/mol. The number of nitrogens with zero attached hydrogens (tertiary/aromatic N) is 1. The number of hydrogen-bond donors (Lipinski definition) is 1. The topological polar surface area (TPSA) is 30.1 Å². The van der Waals surface area contributed by atoms with E-state index in [0.717, 1.165) is 40.8 Å². The van der Waals surface area contributed by atoms with Crippen LogP contribution < -0.4 is 16.2 Å². The van der Waals surface area contributed by atoms with Gasteiger partial charge in [0.1, 0.15) is 11.2 Å². The number of aromatic nitrogens is 1. The van der Waals surface area contributed by atoms with E-state index in [1.54, 1.807) is 0 Å². The van der Waals surface area contributed by atoms with E-state index in [-0.39, 0.29) is 21.7 Å². The van der Waals surface area contributed by atoms with E-state index in [1.165, 1.54) is 88.3 Å². The summed E-state index contributed by atoms with van der Waals surface area (Å²) in [5.41, 5.74) is 22.1. The van der Waals surface area contributed by atoms with E-state index in [9.17, 15) is 0 Å². The number of rotatable bonds is 3. The summed E-state index contributed by atoms with van der Waals surface area (Å²) in [7, 11) is 0.787. The molecule has 1 aliphatic heterocycles. The van der Waals surface area contributed by atoms with Crippen molar-refractivity contribution in [3.8, 4) is 27.9 Å². The lowest BCUT2D eigenvalue weighted by Gasteiger charge is -2.28. The molecule has 0 saturated heterocycles. The Labute approximate surface area is 361 Å². The van der Waals surface area contributed by atoms with Crippen molar-refractivity contribution in [2.75, 3.05) is 5.32 Å². The van der Waals surface area contributed by atoms with E-state index in [1.807, 2.05) is 0 Å². The molecule has 1 N–H and O–H groups in total. The molecule has 0 fully saturated rings. The summed E-state index contributed by atoms with van der Waals surface area (Å²) >= 11 is 0. The molecule has 2 aromatic heterocycles. The lowest BCUT2D eigenvalue weighted by molar-refractivity contribution is 0.590. The van der Waals surface area contributed by atoms with Crippen LogP contribution in [0, 0.1) is 0 Å². The third-order valence-corrected chi connectivity index (χ3v) is 14.1. The summed E-state index contributed by atoms with van der Waals surface area (Å²) in [6, 6.07) is 46.0. The van der Waals surface area contributed by atoms with Crippen LogP contribution in [0.5, 0.6) is 0 Å². The van der Waals surface area contributed by atoms with Crippen LogP contribution in [-0.4, -0.2) is 11.8 Å². The molecule has 7 aromatic carbocycles. The molecule has 61 heavy (non-hydrogen) atoms. The highest BCUT2D eigenvalue weighted by atomic mass is 16.3. The zero-order valence-electron chi connectivity index (χ0n) is 37.6. The van der Waals surface area contributed by atoms with Crippen molar-refractivity contribution in [1.29, 1.82) is 0 Å². The summed E-state index contributed by atoms with van der Waals surface area (Å²) in [6.45, 7) is 25.5. The van der Waals surface area contributed by atoms with E-state index in [4.69, 9.17) is 4.42 Å². The molecular weight excluding hydrogens is 739 g/mol. The molecule has 3 nitrogen and oxygen atoms in total. The molecule has 4 heteroatoms. The van der Waals surface area contributed by atoms with Gasteiger partial charge in [0.05, 0.1) is 11.0 Å². The van der Waals surface area contributed by atoms with Gasteiger partial charge in [-0.2, -0.15) is 0 Å². The maximum Gasteiger partial charge on any atom is 0.198 e. The maximum atomic E-state index is 7.25. The normalized spacial score (nSPS) is 14.4. The number of benzene rings is 7. The minimum absolute atomic E-state index is 0.0176. The van der Waals surface area contributed by atoms with Gasteiger partial charge in [0.15, 0.2) is 7.28 Å². The van der Waals surface area contributed by atoms with E-state index < -0.39 is 0 Å². The average molecular weight is 795 g/mol. The first-order valence-corrected chi connectivity index (χ1v) is 22.1. The van der Waals surface area contributed by atoms with Crippen LogP contribution in [0.3, 0.4) is 0 Å². The summed E-state index contributed by atoms with van der Waals surface area (Å²) in [6.07, 6.45) is 0. The first-order valence-electron chi connectivity index (χ1n) is 22.1. The Balaban J connectivity index is 1.29. The van der Waals surface area contributed by atoms with Crippen molar-refractivity contribution in [3.63, 3.8) is 0 Å². The van der Waals surface area contributed by atoms with Crippen molar-refractivity contribution in [2.24, 2.45) is 0 Å². The zero-order valence-corrected chi connectivity index (χ0v) is 37.6. The van der Waals surface area contributed by atoms with Crippen LogP contribution in [0.15, 0.2) is 126 Å².